The van der Waals surface area contributed by atoms with Crippen LogP contribution in [0.1, 0.15) is 28.1 Å². The topological polar surface area (TPSA) is 168 Å². The molecule has 0 aliphatic carbocycles. The first-order chi connectivity index (χ1) is 20.6. The molecule has 3 N–H and O–H groups in total. The van der Waals surface area contributed by atoms with Crippen molar-refractivity contribution in [2.75, 3.05) is 25.5 Å². The van der Waals surface area contributed by atoms with Crippen LogP contribution in [0.5, 0.6) is 11.5 Å². The standard InChI is InChI=1S/C26H26F3N3O9S3/c1-40-19-6-2-4-16(12-19)23(33)30-15-20-14-22(41-25(34)35)24(42-20)44(38,39)32-10-8-17(9-11-32)31-18-5-3-7-21(13-18)43(36,37)26(27,28)29/h2-7,12-14,17,31H,8-11,15H2,1H3,(H,30,33)(H,34,35). The highest BCUT2D eigenvalue weighted by Gasteiger charge is 2.47. The minimum Gasteiger partial charge on any atom is -0.497 e. The molecule has 12 nitrogen and oxygen atoms in total. The Bertz CT molecular complexity index is 1750. The number of hydrogen-bond donors (Lipinski definition) is 3. The molecule has 0 unspecified atom stereocenters. The van der Waals surface area contributed by atoms with Crippen molar-refractivity contribution in [3.8, 4) is 11.5 Å². The lowest BCUT2D eigenvalue weighted by atomic mass is 10.1. The average Bonchev–Trinajstić information content (AvgIpc) is 3.38. The van der Waals surface area contributed by atoms with E-state index in [2.05, 4.69) is 10.6 Å². The Morgan fingerprint density at radius 2 is 1.73 bits per heavy atom. The lowest BCUT2D eigenvalue weighted by molar-refractivity contribution is -0.0436. The summed E-state index contributed by atoms with van der Waals surface area (Å²) in [5.41, 5.74) is -5.05. The number of amides is 1. The minimum absolute atomic E-state index is 0.0349. The van der Waals surface area contributed by atoms with Crippen LogP contribution in [0.2, 0.25) is 0 Å². The van der Waals surface area contributed by atoms with Crippen LogP contribution in [0.25, 0.3) is 0 Å². The molecule has 1 aliphatic rings. The van der Waals surface area contributed by atoms with E-state index in [-0.39, 0.29) is 42.4 Å². The van der Waals surface area contributed by atoms with E-state index in [1.165, 1.54) is 25.3 Å². The first-order valence-corrected chi connectivity index (χ1v) is 16.5. The number of alkyl halides is 3. The molecule has 1 saturated heterocycles. The second-order valence-corrected chi connectivity index (χ2v) is 14.7. The van der Waals surface area contributed by atoms with Gasteiger partial charge in [0.15, 0.2) is 9.96 Å². The Morgan fingerprint density at radius 3 is 2.36 bits per heavy atom. The van der Waals surface area contributed by atoms with Gasteiger partial charge in [-0.25, -0.2) is 21.6 Å². The molecule has 3 aromatic rings. The number of thiophene rings is 1. The molecule has 0 spiro atoms. The second-order valence-electron chi connectivity index (χ2n) is 9.45. The minimum atomic E-state index is -5.54. The van der Waals surface area contributed by atoms with Crippen molar-refractivity contribution in [2.24, 2.45) is 0 Å². The van der Waals surface area contributed by atoms with Crippen LogP contribution in [-0.2, 0) is 26.4 Å². The molecule has 0 bridgehead atoms. The Morgan fingerprint density at radius 1 is 1.05 bits per heavy atom. The van der Waals surface area contributed by atoms with Gasteiger partial charge in [0.05, 0.1) is 18.6 Å². The number of carbonyl (C=O) groups is 2. The number of rotatable bonds is 10. The third-order valence-corrected chi connectivity index (χ3v) is 11.5. The van der Waals surface area contributed by atoms with E-state index in [1.54, 1.807) is 18.2 Å². The molecule has 1 amide bonds. The highest BCUT2D eigenvalue weighted by molar-refractivity contribution is 7.92. The number of carboxylic acid groups (broad SMARTS) is 1. The highest BCUT2D eigenvalue weighted by atomic mass is 32.2. The smallest absolute Gasteiger partial charge is 0.497 e. The number of nitrogens with one attached hydrogen (secondary N) is 2. The van der Waals surface area contributed by atoms with E-state index in [0.29, 0.717) is 16.2 Å². The van der Waals surface area contributed by atoms with Crippen LogP contribution in [-0.4, -0.2) is 70.1 Å². The van der Waals surface area contributed by atoms with Gasteiger partial charge in [-0.1, -0.05) is 12.1 Å². The number of sulfone groups is 1. The van der Waals surface area contributed by atoms with E-state index in [1.807, 2.05) is 0 Å². The van der Waals surface area contributed by atoms with Crippen molar-refractivity contribution >= 4 is 48.9 Å². The molecule has 238 valence electrons. The van der Waals surface area contributed by atoms with Crippen molar-refractivity contribution < 1.29 is 54.2 Å². The highest BCUT2D eigenvalue weighted by Crippen LogP contribution is 2.37. The van der Waals surface area contributed by atoms with Crippen LogP contribution in [0, 0.1) is 0 Å². The summed E-state index contributed by atoms with van der Waals surface area (Å²) >= 11 is 0.734. The third kappa shape index (κ3) is 7.43. The van der Waals surface area contributed by atoms with Crippen molar-refractivity contribution in [2.45, 2.75) is 40.0 Å². The molecule has 2 heterocycles. The number of methoxy groups -OCH3 is 1. The zero-order valence-electron chi connectivity index (χ0n) is 22.8. The van der Waals surface area contributed by atoms with E-state index in [4.69, 9.17) is 14.6 Å². The lowest BCUT2D eigenvalue weighted by Gasteiger charge is -2.32. The molecule has 1 fully saturated rings. The van der Waals surface area contributed by atoms with Gasteiger partial charge in [-0.15, -0.1) is 11.3 Å². The summed E-state index contributed by atoms with van der Waals surface area (Å²) < 4.78 is 99.9. The fourth-order valence-corrected chi connectivity index (χ4v) is 8.25. The van der Waals surface area contributed by atoms with Gasteiger partial charge in [0.1, 0.15) is 5.75 Å². The number of carbonyl (C=O) groups excluding carboxylic acids is 1. The van der Waals surface area contributed by atoms with E-state index in [0.717, 1.165) is 33.8 Å². The number of sulfonamides is 1. The van der Waals surface area contributed by atoms with Gasteiger partial charge < -0.3 is 25.2 Å². The van der Waals surface area contributed by atoms with Gasteiger partial charge in [0, 0.05) is 35.3 Å². The first-order valence-electron chi connectivity index (χ1n) is 12.8. The zero-order chi connectivity index (χ0) is 32.3. The monoisotopic (exact) mass is 677 g/mol. The number of anilines is 1. The number of halogens is 3. The molecule has 44 heavy (non-hydrogen) atoms. The zero-order valence-corrected chi connectivity index (χ0v) is 25.3. The van der Waals surface area contributed by atoms with Gasteiger partial charge in [-0.3, -0.25) is 4.79 Å². The Hall–Kier alpha value is -3.87. The van der Waals surface area contributed by atoms with Crippen LogP contribution in [0.4, 0.5) is 23.7 Å². The van der Waals surface area contributed by atoms with E-state index < -0.39 is 54.1 Å². The predicted molar refractivity (Wildman–Crippen MR) is 152 cm³/mol. The molecular formula is C26H26F3N3O9S3. The Kier molecular flexibility index (Phi) is 9.77. The summed E-state index contributed by atoms with van der Waals surface area (Å²) in [6, 6.07) is 11.4. The molecule has 1 aromatic heterocycles. The van der Waals surface area contributed by atoms with Gasteiger partial charge in [0.2, 0.25) is 0 Å². The molecule has 4 rings (SSSR count). The number of nitrogens with zero attached hydrogens (tertiary/aromatic N) is 1. The van der Waals surface area contributed by atoms with Gasteiger partial charge in [-0.05, 0) is 55.3 Å². The predicted octanol–water partition coefficient (Wildman–Crippen LogP) is 4.30. The SMILES string of the molecule is COc1cccc(C(=O)NCc2cc(OC(=O)O)c(S(=O)(=O)N3CCC(Nc4cccc(S(=O)(=O)C(F)(F)F)c4)CC3)s2)c1. The molecule has 0 saturated carbocycles. The summed E-state index contributed by atoms with van der Waals surface area (Å²) in [6.45, 7) is -0.193. The fraction of sp³-hybridized carbons (Fsp3) is 0.308. The summed E-state index contributed by atoms with van der Waals surface area (Å²) in [7, 11) is -8.35. The second kappa shape index (κ2) is 13.0. The van der Waals surface area contributed by atoms with Crippen LogP contribution in [0.15, 0.2) is 63.7 Å². The molecule has 18 heteroatoms. The van der Waals surface area contributed by atoms with Crippen molar-refractivity contribution in [1.29, 1.82) is 0 Å². The third-order valence-electron chi connectivity index (χ3n) is 6.52. The molecule has 0 atom stereocenters. The summed E-state index contributed by atoms with van der Waals surface area (Å²) in [6.07, 6.45) is -1.32. The fourth-order valence-electron chi connectivity index (χ4n) is 4.35. The van der Waals surface area contributed by atoms with Crippen molar-refractivity contribution in [3.63, 3.8) is 0 Å². The molecular weight excluding hydrogens is 651 g/mol. The van der Waals surface area contributed by atoms with E-state index >= 15 is 0 Å². The Balaban J connectivity index is 1.44. The summed E-state index contributed by atoms with van der Waals surface area (Å²) in [5.74, 6) is -0.434. The summed E-state index contributed by atoms with van der Waals surface area (Å²) in [4.78, 5) is 23.2. The number of piperidine rings is 1. The summed E-state index contributed by atoms with van der Waals surface area (Å²) in [5, 5.41) is 14.7. The van der Waals surface area contributed by atoms with Gasteiger partial charge >= 0.3 is 11.7 Å². The van der Waals surface area contributed by atoms with Crippen molar-refractivity contribution in [3.05, 3.63) is 65.0 Å². The molecule has 2 aromatic carbocycles. The van der Waals surface area contributed by atoms with Crippen LogP contribution in [0.3, 0.4) is 0 Å². The van der Waals surface area contributed by atoms with Gasteiger partial charge in [0.25, 0.3) is 25.8 Å². The number of ether oxygens (including phenoxy) is 2. The maximum absolute atomic E-state index is 13.5. The average molecular weight is 678 g/mol. The molecule has 1 aliphatic heterocycles. The van der Waals surface area contributed by atoms with Crippen LogP contribution < -0.4 is 20.1 Å². The van der Waals surface area contributed by atoms with Crippen LogP contribution >= 0.6 is 11.3 Å². The maximum atomic E-state index is 13.5. The number of benzene rings is 2. The quantitative estimate of drug-likeness (QED) is 0.263. The lowest BCUT2D eigenvalue weighted by Crippen LogP contribution is -2.42. The van der Waals surface area contributed by atoms with E-state index in [9.17, 15) is 39.6 Å². The maximum Gasteiger partial charge on any atom is 0.511 e. The van der Waals surface area contributed by atoms with Crippen molar-refractivity contribution in [1.82, 2.24) is 9.62 Å². The first kappa shape index (κ1) is 33.0. The Labute approximate surface area is 254 Å². The normalized spacial score (nSPS) is 15.0. The van der Waals surface area contributed by atoms with Gasteiger partial charge in [-0.2, -0.15) is 17.5 Å². The largest absolute Gasteiger partial charge is 0.511 e. The number of hydrogen-bond acceptors (Lipinski definition) is 10. The molecule has 0 radical (unpaired) electrons.